The third-order valence-electron chi connectivity index (χ3n) is 6.35. The zero-order valence-corrected chi connectivity index (χ0v) is 22.3. The van der Waals surface area contributed by atoms with Gasteiger partial charge in [0.05, 0.1) is 0 Å². The quantitative estimate of drug-likeness (QED) is 0.104. The number of hydrogen-bond donors (Lipinski definition) is 0. The molecular formula is C26H54INO. The number of likely N-dealkylation sites (tertiary alicyclic amines) is 1. The molecule has 1 saturated heterocycles. The van der Waals surface area contributed by atoms with E-state index in [2.05, 4.69) is 11.8 Å². The van der Waals surface area contributed by atoms with E-state index in [4.69, 9.17) is 4.74 Å². The fraction of sp³-hybridized carbons (Fsp3) is 1.00. The van der Waals surface area contributed by atoms with Crippen LogP contribution in [0.4, 0.5) is 0 Å². The second kappa shape index (κ2) is 24.9. The van der Waals surface area contributed by atoms with E-state index in [0.717, 1.165) is 13.2 Å². The Bertz CT molecular complexity index is 294. The Morgan fingerprint density at radius 2 is 0.897 bits per heavy atom. The molecular weight excluding hydrogens is 469 g/mol. The van der Waals surface area contributed by atoms with Gasteiger partial charge in [0, 0.05) is 13.2 Å². The van der Waals surface area contributed by atoms with Crippen LogP contribution in [0.2, 0.25) is 0 Å². The number of hydrogen-bond acceptors (Lipinski definition) is 2. The zero-order valence-electron chi connectivity index (χ0n) is 19.9. The summed E-state index contributed by atoms with van der Waals surface area (Å²) in [6.45, 7) is 8.23. The first-order valence-corrected chi connectivity index (χ1v) is 13.2. The van der Waals surface area contributed by atoms with Gasteiger partial charge in [-0.2, -0.15) is 0 Å². The second-order valence-electron chi connectivity index (χ2n) is 9.17. The fourth-order valence-electron chi connectivity index (χ4n) is 4.40. The van der Waals surface area contributed by atoms with Crippen molar-refractivity contribution in [2.45, 2.75) is 135 Å². The van der Waals surface area contributed by atoms with Gasteiger partial charge in [-0.3, -0.25) is 0 Å². The molecule has 2 nitrogen and oxygen atoms in total. The van der Waals surface area contributed by atoms with Gasteiger partial charge < -0.3 is 9.64 Å². The van der Waals surface area contributed by atoms with E-state index in [9.17, 15) is 0 Å². The molecule has 1 fully saturated rings. The predicted molar refractivity (Wildman–Crippen MR) is 141 cm³/mol. The zero-order chi connectivity index (χ0) is 20.0. The van der Waals surface area contributed by atoms with Gasteiger partial charge in [-0.25, -0.2) is 0 Å². The van der Waals surface area contributed by atoms with Crippen molar-refractivity contribution in [3.05, 3.63) is 0 Å². The van der Waals surface area contributed by atoms with Crippen molar-refractivity contribution in [3.8, 4) is 0 Å². The predicted octanol–water partition coefficient (Wildman–Crippen LogP) is 8.76. The number of rotatable bonds is 22. The standard InChI is InChI=1S/C26H53NO.HI/c1-2-3-4-5-6-7-8-9-10-11-12-13-14-15-16-20-25-28-26-21-19-24-27-22-17-18-23-27;/h2-26H2,1H3;1H. The lowest BCUT2D eigenvalue weighted by Gasteiger charge is -2.13. The Morgan fingerprint density at radius 3 is 1.34 bits per heavy atom. The van der Waals surface area contributed by atoms with E-state index in [1.165, 1.54) is 148 Å². The smallest absolute Gasteiger partial charge is 0.0466 e. The summed E-state index contributed by atoms with van der Waals surface area (Å²) in [5.74, 6) is 0. The van der Waals surface area contributed by atoms with Crippen molar-refractivity contribution in [2.75, 3.05) is 32.8 Å². The molecule has 1 heterocycles. The van der Waals surface area contributed by atoms with Crippen LogP contribution in [-0.4, -0.2) is 37.7 Å². The molecule has 0 aliphatic carbocycles. The van der Waals surface area contributed by atoms with E-state index in [1.54, 1.807) is 0 Å². The molecule has 3 heteroatoms. The van der Waals surface area contributed by atoms with Crippen molar-refractivity contribution >= 4 is 24.0 Å². The maximum atomic E-state index is 5.80. The molecule has 1 aliphatic rings. The Kier molecular flexibility index (Phi) is 25.5. The van der Waals surface area contributed by atoms with Crippen LogP contribution in [0, 0.1) is 0 Å². The van der Waals surface area contributed by atoms with E-state index in [1.807, 2.05) is 0 Å². The molecule has 0 bridgehead atoms. The summed E-state index contributed by atoms with van der Waals surface area (Å²) >= 11 is 0. The summed E-state index contributed by atoms with van der Waals surface area (Å²) in [5, 5.41) is 0. The van der Waals surface area contributed by atoms with Crippen molar-refractivity contribution in [2.24, 2.45) is 0 Å². The summed E-state index contributed by atoms with van der Waals surface area (Å²) < 4.78 is 5.80. The average molecular weight is 524 g/mol. The minimum Gasteiger partial charge on any atom is -0.381 e. The molecule has 0 aromatic carbocycles. The second-order valence-corrected chi connectivity index (χ2v) is 9.17. The van der Waals surface area contributed by atoms with E-state index in [0.29, 0.717) is 0 Å². The molecule has 0 atom stereocenters. The largest absolute Gasteiger partial charge is 0.381 e. The Labute approximate surface area is 201 Å². The molecule has 176 valence electrons. The molecule has 0 aromatic rings. The summed E-state index contributed by atoms with van der Waals surface area (Å²) in [7, 11) is 0. The number of nitrogens with zero attached hydrogens (tertiary/aromatic N) is 1. The minimum absolute atomic E-state index is 0. The lowest BCUT2D eigenvalue weighted by atomic mass is 10.0. The highest BCUT2D eigenvalue weighted by Gasteiger charge is 2.09. The van der Waals surface area contributed by atoms with Gasteiger partial charge in [0.25, 0.3) is 0 Å². The van der Waals surface area contributed by atoms with Gasteiger partial charge in [0.15, 0.2) is 0 Å². The minimum atomic E-state index is 0. The molecule has 0 radical (unpaired) electrons. The van der Waals surface area contributed by atoms with Gasteiger partial charge in [-0.15, -0.1) is 24.0 Å². The van der Waals surface area contributed by atoms with Gasteiger partial charge in [-0.1, -0.05) is 103 Å². The maximum Gasteiger partial charge on any atom is 0.0466 e. The molecule has 0 N–H and O–H groups in total. The summed E-state index contributed by atoms with van der Waals surface area (Å²) in [4.78, 5) is 2.61. The van der Waals surface area contributed by atoms with Crippen molar-refractivity contribution < 1.29 is 4.74 Å². The lowest BCUT2D eigenvalue weighted by molar-refractivity contribution is 0.124. The molecule has 0 saturated carbocycles. The van der Waals surface area contributed by atoms with E-state index < -0.39 is 0 Å². The Morgan fingerprint density at radius 1 is 0.517 bits per heavy atom. The first-order chi connectivity index (χ1) is 13.9. The van der Waals surface area contributed by atoms with Gasteiger partial charge >= 0.3 is 0 Å². The molecule has 1 aliphatic heterocycles. The third-order valence-corrected chi connectivity index (χ3v) is 6.35. The molecule has 0 spiro atoms. The van der Waals surface area contributed by atoms with Gasteiger partial charge in [0.1, 0.15) is 0 Å². The van der Waals surface area contributed by atoms with Crippen LogP contribution >= 0.6 is 24.0 Å². The highest BCUT2D eigenvalue weighted by Crippen LogP contribution is 2.14. The summed E-state index contributed by atoms with van der Waals surface area (Å²) in [6.07, 6.45) is 28.4. The molecule has 1 rings (SSSR count). The first kappa shape index (κ1) is 29.7. The van der Waals surface area contributed by atoms with Gasteiger partial charge in [-0.05, 0) is 51.7 Å². The molecule has 29 heavy (non-hydrogen) atoms. The molecule has 0 amide bonds. The van der Waals surface area contributed by atoms with Crippen LogP contribution in [0.25, 0.3) is 0 Å². The molecule has 0 unspecified atom stereocenters. The maximum absolute atomic E-state index is 5.80. The van der Waals surface area contributed by atoms with Crippen LogP contribution in [-0.2, 0) is 4.74 Å². The normalized spacial score (nSPS) is 14.4. The van der Waals surface area contributed by atoms with Crippen LogP contribution in [0.15, 0.2) is 0 Å². The Hall–Kier alpha value is 0.650. The monoisotopic (exact) mass is 523 g/mol. The number of halogens is 1. The molecule has 0 aromatic heterocycles. The SMILES string of the molecule is CCCCCCCCCCCCCCCCCCOCCCCN1CCCC1.I. The van der Waals surface area contributed by atoms with E-state index in [-0.39, 0.29) is 24.0 Å². The van der Waals surface area contributed by atoms with Crippen LogP contribution < -0.4 is 0 Å². The first-order valence-electron chi connectivity index (χ1n) is 13.2. The summed E-state index contributed by atoms with van der Waals surface area (Å²) in [6, 6.07) is 0. The Balaban J connectivity index is 0.00000784. The van der Waals surface area contributed by atoms with Crippen LogP contribution in [0.3, 0.4) is 0 Å². The third kappa shape index (κ3) is 21.7. The summed E-state index contributed by atoms with van der Waals surface area (Å²) in [5.41, 5.74) is 0. The number of ether oxygens (including phenoxy) is 1. The van der Waals surface area contributed by atoms with Gasteiger partial charge in [0.2, 0.25) is 0 Å². The average Bonchev–Trinajstić information content (AvgIpc) is 3.22. The topological polar surface area (TPSA) is 12.5 Å². The highest BCUT2D eigenvalue weighted by molar-refractivity contribution is 14.0. The van der Waals surface area contributed by atoms with E-state index >= 15 is 0 Å². The fourth-order valence-corrected chi connectivity index (χ4v) is 4.40. The number of unbranched alkanes of at least 4 members (excludes halogenated alkanes) is 16. The van der Waals surface area contributed by atoms with Crippen molar-refractivity contribution in [1.82, 2.24) is 4.90 Å². The van der Waals surface area contributed by atoms with Crippen molar-refractivity contribution in [1.29, 1.82) is 0 Å². The van der Waals surface area contributed by atoms with Crippen LogP contribution in [0.5, 0.6) is 0 Å². The van der Waals surface area contributed by atoms with Crippen LogP contribution in [0.1, 0.15) is 135 Å². The van der Waals surface area contributed by atoms with Crippen molar-refractivity contribution in [3.63, 3.8) is 0 Å². The highest BCUT2D eigenvalue weighted by atomic mass is 127. The lowest BCUT2D eigenvalue weighted by Crippen LogP contribution is -2.20.